The average Bonchev–Trinajstić information content (AvgIpc) is 2.72. The summed E-state index contributed by atoms with van der Waals surface area (Å²) in [5.41, 5.74) is 6.82. The maximum absolute atomic E-state index is 5.48. The Morgan fingerprint density at radius 1 is 1.06 bits per heavy atom. The van der Waals surface area contributed by atoms with Crippen molar-refractivity contribution in [2.75, 3.05) is 12.3 Å². The van der Waals surface area contributed by atoms with Gasteiger partial charge in [-0.2, -0.15) is 0 Å². The van der Waals surface area contributed by atoms with Gasteiger partial charge in [-0.15, -0.1) is 0 Å². The van der Waals surface area contributed by atoms with Crippen LogP contribution in [-0.2, 0) is 13.0 Å². The minimum atomic E-state index is 0.472. The van der Waals surface area contributed by atoms with Gasteiger partial charge in [0.2, 0.25) is 0 Å². The van der Waals surface area contributed by atoms with E-state index < -0.39 is 0 Å². The number of benzene rings is 1. The topological polar surface area (TPSA) is 51.2 Å². The number of anilines is 1. The highest BCUT2D eigenvalue weighted by molar-refractivity contribution is 5.25. The van der Waals surface area contributed by atoms with Gasteiger partial charge in [-0.3, -0.25) is 0 Å². The number of rotatable bonds is 5. The molecule has 2 aromatic rings. The van der Waals surface area contributed by atoms with Crippen molar-refractivity contribution in [3.8, 4) is 0 Å². The summed E-state index contributed by atoms with van der Waals surface area (Å²) in [5, 5.41) is 3.31. The van der Waals surface area contributed by atoms with E-state index in [0.717, 1.165) is 25.3 Å². The first kappa shape index (κ1) is 10.8. The lowest BCUT2D eigenvalue weighted by atomic mass is 10.1. The maximum Gasteiger partial charge on any atom is 0.190 e. The van der Waals surface area contributed by atoms with Crippen LogP contribution in [0.15, 0.2) is 46.9 Å². The Balaban J connectivity index is 1.69. The zero-order chi connectivity index (χ0) is 11.2. The van der Waals surface area contributed by atoms with Crippen LogP contribution in [0.25, 0.3) is 0 Å². The molecule has 0 unspecified atom stereocenters. The van der Waals surface area contributed by atoms with Crippen LogP contribution in [0.3, 0.4) is 0 Å². The average molecular weight is 216 g/mol. The number of hydrogen-bond donors (Lipinski definition) is 2. The third kappa shape index (κ3) is 3.14. The summed E-state index contributed by atoms with van der Waals surface area (Å²) in [5.74, 6) is 1.35. The van der Waals surface area contributed by atoms with Gasteiger partial charge >= 0.3 is 0 Å². The van der Waals surface area contributed by atoms with E-state index >= 15 is 0 Å². The van der Waals surface area contributed by atoms with Crippen LogP contribution in [0.2, 0.25) is 0 Å². The van der Waals surface area contributed by atoms with Crippen molar-refractivity contribution in [3.05, 3.63) is 53.8 Å². The fourth-order valence-corrected chi connectivity index (χ4v) is 1.58. The fourth-order valence-electron chi connectivity index (χ4n) is 1.58. The van der Waals surface area contributed by atoms with Crippen LogP contribution in [-0.4, -0.2) is 6.54 Å². The Labute approximate surface area is 95.3 Å². The molecule has 84 valence electrons. The van der Waals surface area contributed by atoms with Gasteiger partial charge in [0, 0.05) is 6.07 Å². The highest BCUT2D eigenvalue weighted by Gasteiger charge is 1.97. The zero-order valence-corrected chi connectivity index (χ0v) is 9.15. The summed E-state index contributed by atoms with van der Waals surface area (Å²) in [4.78, 5) is 0. The number of nitrogens with one attached hydrogen (secondary N) is 1. The van der Waals surface area contributed by atoms with E-state index in [1.807, 2.05) is 12.1 Å². The lowest BCUT2D eigenvalue weighted by molar-refractivity contribution is 0.498. The Bertz CT molecular complexity index is 423. The van der Waals surface area contributed by atoms with Gasteiger partial charge in [-0.25, -0.2) is 0 Å². The molecule has 0 fully saturated rings. The summed E-state index contributed by atoms with van der Waals surface area (Å²) < 4.78 is 5.25. The smallest absolute Gasteiger partial charge is 0.190 e. The molecule has 1 aromatic carbocycles. The van der Waals surface area contributed by atoms with Gasteiger partial charge in [0.05, 0.1) is 6.54 Å². The minimum Gasteiger partial charge on any atom is -0.445 e. The van der Waals surface area contributed by atoms with E-state index in [9.17, 15) is 0 Å². The molecule has 3 nitrogen and oxygen atoms in total. The second-order valence-corrected chi connectivity index (χ2v) is 3.72. The van der Waals surface area contributed by atoms with Crippen LogP contribution in [0.5, 0.6) is 0 Å². The molecule has 0 aliphatic heterocycles. The molecule has 1 heterocycles. The lowest BCUT2D eigenvalue weighted by Gasteiger charge is -2.02. The quantitative estimate of drug-likeness (QED) is 0.753. The molecule has 3 N–H and O–H groups in total. The number of nitrogen functional groups attached to an aromatic ring is 1. The lowest BCUT2D eigenvalue weighted by Crippen LogP contribution is -2.16. The summed E-state index contributed by atoms with van der Waals surface area (Å²) in [6, 6.07) is 14.1. The molecule has 0 aliphatic carbocycles. The van der Waals surface area contributed by atoms with Crippen molar-refractivity contribution in [2.24, 2.45) is 0 Å². The molecule has 0 saturated carbocycles. The molecule has 3 heteroatoms. The first-order valence-electron chi connectivity index (χ1n) is 5.43. The molecular weight excluding hydrogens is 200 g/mol. The van der Waals surface area contributed by atoms with E-state index in [4.69, 9.17) is 10.2 Å². The maximum atomic E-state index is 5.48. The van der Waals surface area contributed by atoms with E-state index in [1.165, 1.54) is 5.56 Å². The molecule has 0 saturated heterocycles. The predicted octanol–water partition coefficient (Wildman–Crippen LogP) is 2.19. The van der Waals surface area contributed by atoms with Crippen LogP contribution in [0.1, 0.15) is 11.3 Å². The van der Waals surface area contributed by atoms with Crippen molar-refractivity contribution >= 4 is 5.88 Å². The molecule has 0 amide bonds. The second kappa shape index (κ2) is 5.37. The van der Waals surface area contributed by atoms with Crippen molar-refractivity contribution in [1.82, 2.24) is 5.32 Å². The number of nitrogens with two attached hydrogens (primary N) is 1. The molecule has 0 aliphatic rings. The van der Waals surface area contributed by atoms with Crippen molar-refractivity contribution in [2.45, 2.75) is 13.0 Å². The van der Waals surface area contributed by atoms with Gasteiger partial charge in [-0.05, 0) is 24.6 Å². The van der Waals surface area contributed by atoms with Gasteiger partial charge in [-0.1, -0.05) is 30.3 Å². The Kier molecular flexibility index (Phi) is 3.62. The van der Waals surface area contributed by atoms with Crippen LogP contribution >= 0.6 is 0 Å². The molecule has 0 bridgehead atoms. The van der Waals surface area contributed by atoms with E-state index in [1.54, 1.807) is 6.07 Å². The van der Waals surface area contributed by atoms with E-state index in [0.29, 0.717) is 5.88 Å². The summed E-state index contributed by atoms with van der Waals surface area (Å²) in [7, 11) is 0. The standard InChI is InChI=1S/C13H16N2O/c14-13-7-6-12(16-13)10-15-9-8-11-4-2-1-3-5-11/h1-7,15H,8-10,14H2. The van der Waals surface area contributed by atoms with E-state index in [-0.39, 0.29) is 0 Å². The van der Waals surface area contributed by atoms with Crippen LogP contribution < -0.4 is 11.1 Å². The predicted molar refractivity (Wildman–Crippen MR) is 65.0 cm³/mol. The SMILES string of the molecule is Nc1ccc(CNCCc2ccccc2)o1. The summed E-state index contributed by atoms with van der Waals surface area (Å²) in [6.45, 7) is 1.66. The Hall–Kier alpha value is -1.74. The van der Waals surface area contributed by atoms with Crippen molar-refractivity contribution in [3.63, 3.8) is 0 Å². The Morgan fingerprint density at radius 2 is 1.88 bits per heavy atom. The molecule has 0 radical (unpaired) electrons. The first-order chi connectivity index (χ1) is 7.84. The van der Waals surface area contributed by atoms with Gasteiger partial charge in [0.15, 0.2) is 5.88 Å². The minimum absolute atomic E-state index is 0.472. The summed E-state index contributed by atoms with van der Waals surface area (Å²) in [6.07, 6.45) is 1.02. The molecule has 2 rings (SSSR count). The zero-order valence-electron chi connectivity index (χ0n) is 9.15. The molecule has 0 spiro atoms. The van der Waals surface area contributed by atoms with Crippen LogP contribution in [0.4, 0.5) is 5.88 Å². The highest BCUT2D eigenvalue weighted by atomic mass is 16.4. The second-order valence-electron chi connectivity index (χ2n) is 3.72. The van der Waals surface area contributed by atoms with Gasteiger partial charge < -0.3 is 15.5 Å². The third-order valence-corrected chi connectivity index (χ3v) is 2.41. The van der Waals surface area contributed by atoms with Crippen LogP contribution in [0, 0.1) is 0 Å². The molecule has 0 atom stereocenters. The third-order valence-electron chi connectivity index (χ3n) is 2.41. The van der Waals surface area contributed by atoms with Crippen molar-refractivity contribution < 1.29 is 4.42 Å². The molecular formula is C13H16N2O. The number of furan rings is 1. The van der Waals surface area contributed by atoms with Crippen molar-refractivity contribution in [1.29, 1.82) is 0 Å². The molecule has 1 aromatic heterocycles. The van der Waals surface area contributed by atoms with Gasteiger partial charge in [0.1, 0.15) is 5.76 Å². The summed E-state index contributed by atoms with van der Waals surface area (Å²) >= 11 is 0. The Morgan fingerprint density at radius 3 is 2.56 bits per heavy atom. The molecule has 16 heavy (non-hydrogen) atoms. The monoisotopic (exact) mass is 216 g/mol. The van der Waals surface area contributed by atoms with E-state index in [2.05, 4.69) is 29.6 Å². The first-order valence-corrected chi connectivity index (χ1v) is 5.43. The normalized spacial score (nSPS) is 10.5. The largest absolute Gasteiger partial charge is 0.445 e. The number of hydrogen-bond acceptors (Lipinski definition) is 3. The highest BCUT2D eigenvalue weighted by Crippen LogP contribution is 2.08. The fraction of sp³-hybridized carbons (Fsp3) is 0.231. The van der Waals surface area contributed by atoms with Gasteiger partial charge in [0.25, 0.3) is 0 Å².